The summed E-state index contributed by atoms with van der Waals surface area (Å²) in [6, 6.07) is 8.56. The maximum atomic E-state index is 5.16. The fraction of sp³-hybridized carbons (Fsp3) is 0.571. The van der Waals surface area contributed by atoms with Gasteiger partial charge in [-0.3, -0.25) is 0 Å². The number of methoxy groups -OCH3 is 1. The Labute approximate surface area is 92.5 Å². The third-order valence-electron chi connectivity index (χ3n) is 3.24. The molecule has 82 valence electrons. The Bertz CT molecular complexity index is 313. The second-order valence-electron chi connectivity index (χ2n) is 5.00. The fourth-order valence-electron chi connectivity index (χ4n) is 2.37. The van der Waals surface area contributed by atoms with Crippen LogP contribution in [0.5, 0.6) is 5.75 Å². The SMILES string of the molecule is COc1ccc(C2CC2CC(C)C)cc1. The summed E-state index contributed by atoms with van der Waals surface area (Å²) in [6.45, 7) is 4.62. The molecule has 1 saturated carbocycles. The third kappa shape index (κ3) is 2.53. The molecule has 1 aromatic rings. The molecule has 0 aromatic heterocycles. The molecule has 0 N–H and O–H groups in total. The molecule has 2 atom stereocenters. The minimum absolute atomic E-state index is 0.818. The van der Waals surface area contributed by atoms with Crippen molar-refractivity contribution in [2.24, 2.45) is 11.8 Å². The number of ether oxygens (including phenoxy) is 1. The van der Waals surface area contributed by atoms with E-state index in [2.05, 4.69) is 38.1 Å². The van der Waals surface area contributed by atoms with Crippen LogP contribution in [-0.4, -0.2) is 7.11 Å². The first-order valence-corrected chi connectivity index (χ1v) is 5.84. The molecular formula is C14H20O. The fourth-order valence-corrected chi connectivity index (χ4v) is 2.37. The van der Waals surface area contributed by atoms with Crippen LogP contribution >= 0.6 is 0 Å². The molecule has 0 saturated heterocycles. The summed E-state index contributed by atoms with van der Waals surface area (Å²) in [5, 5.41) is 0. The van der Waals surface area contributed by atoms with Crippen molar-refractivity contribution >= 4 is 0 Å². The zero-order valence-electron chi connectivity index (χ0n) is 9.86. The van der Waals surface area contributed by atoms with E-state index >= 15 is 0 Å². The van der Waals surface area contributed by atoms with Crippen LogP contribution in [0.15, 0.2) is 24.3 Å². The van der Waals surface area contributed by atoms with Crippen molar-refractivity contribution in [3.8, 4) is 5.75 Å². The molecular weight excluding hydrogens is 184 g/mol. The van der Waals surface area contributed by atoms with E-state index in [9.17, 15) is 0 Å². The van der Waals surface area contributed by atoms with Gasteiger partial charge in [0.05, 0.1) is 7.11 Å². The Morgan fingerprint density at radius 1 is 1.27 bits per heavy atom. The molecule has 0 heterocycles. The van der Waals surface area contributed by atoms with Gasteiger partial charge in [0.2, 0.25) is 0 Å². The van der Waals surface area contributed by atoms with Gasteiger partial charge in [0.15, 0.2) is 0 Å². The summed E-state index contributed by atoms with van der Waals surface area (Å²) < 4.78 is 5.16. The molecule has 1 nitrogen and oxygen atoms in total. The Morgan fingerprint density at radius 2 is 1.93 bits per heavy atom. The van der Waals surface area contributed by atoms with E-state index in [-0.39, 0.29) is 0 Å². The molecule has 0 amide bonds. The first-order chi connectivity index (χ1) is 7.20. The molecule has 1 aromatic carbocycles. The average molecular weight is 204 g/mol. The number of hydrogen-bond donors (Lipinski definition) is 0. The van der Waals surface area contributed by atoms with Crippen molar-refractivity contribution in [1.29, 1.82) is 0 Å². The first-order valence-electron chi connectivity index (χ1n) is 5.84. The van der Waals surface area contributed by atoms with Crippen LogP contribution in [0.2, 0.25) is 0 Å². The van der Waals surface area contributed by atoms with Crippen LogP contribution in [0.1, 0.15) is 38.2 Å². The Morgan fingerprint density at radius 3 is 2.47 bits per heavy atom. The van der Waals surface area contributed by atoms with E-state index in [0.29, 0.717) is 0 Å². The van der Waals surface area contributed by atoms with Crippen LogP contribution in [0.25, 0.3) is 0 Å². The van der Waals surface area contributed by atoms with Gasteiger partial charge < -0.3 is 4.74 Å². The van der Waals surface area contributed by atoms with Gasteiger partial charge in [0.1, 0.15) is 5.75 Å². The molecule has 15 heavy (non-hydrogen) atoms. The average Bonchev–Trinajstić information content (AvgIpc) is 2.96. The first kappa shape index (κ1) is 10.5. The molecule has 1 fully saturated rings. The highest BCUT2D eigenvalue weighted by atomic mass is 16.5. The van der Waals surface area contributed by atoms with E-state index < -0.39 is 0 Å². The minimum Gasteiger partial charge on any atom is -0.497 e. The zero-order chi connectivity index (χ0) is 10.8. The largest absolute Gasteiger partial charge is 0.497 e. The normalized spacial score (nSPS) is 24.3. The summed E-state index contributed by atoms with van der Waals surface area (Å²) in [5.74, 6) is 3.54. The Kier molecular flexibility index (Phi) is 2.99. The molecule has 0 spiro atoms. The summed E-state index contributed by atoms with van der Waals surface area (Å²) in [7, 11) is 1.72. The zero-order valence-corrected chi connectivity index (χ0v) is 9.86. The molecule has 1 heteroatoms. The summed E-state index contributed by atoms with van der Waals surface area (Å²) in [6.07, 6.45) is 2.75. The number of rotatable bonds is 4. The highest BCUT2D eigenvalue weighted by Crippen LogP contribution is 2.50. The van der Waals surface area contributed by atoms with Crippen LogP contribution in [0.3, 0.4) is 0 Å². The lowest BCUT2D eigenvalue weighted by Crippen LogP contribution is -1.91. The predicted molar refractivity (Wildman–Crippen MR) is 63.3 cm³/mol. The Balaban J connectivity index is 1.95. The maximum Gasteiger partial charge on any atom is 0.118 e. The van der Waals surface area contributed by atoms with Gasteiger partial charge in [-0.15, -0.1) is 0 Å². The van der Waals surface area contributed by atoms with Crippen LogP contribution in [-0.2, 0) is 0 Å². The van der Waals surface area contributed by atoms with Gasteiger partial charge in [-0.1, -0.05) is 26.0 Å². The quantitative estimate of drug-likeness (QED) is 0.724. The monoisotopic (exact) mass is 204 g/mol. The van der Waals surface area contributed by atoms with Crippen molar-refractivity contribution in [3.63, 3.8) is 0 Å². The van der Waals surface area contributed by atoms with Gasteiger partial charge >= 0.3 is 0 Å². The van der Waals surface area contributed by atoms with Crippen molar-refractivity contribution < 1.29 is 4.74 Å². The Hall–Kier alpha value is -0.980. The van der Waals surface area contributed by atoms with E-state index in [1.807, 2.05) is 0 Å². The molecule has 0 bridgehead atoms. The summed E-state index contributed by atoms with van der Waals surface area (Å²) >= 11 is 0. The smallest absolute Gasteiger partial charge is 0.118 e. The topological polar surface area (TPSA) is 9.23 Å². The van der Waals surface area contributed by atoms with Crippen LogP contribution in [0.4, 0.5) is 0 Å². The van der Waals surface area contributed by atoms with Crippen molar-refractivity contribution in [1.82, 2.24) is 0 Å². The number of benzene rings is 1. The summed E-state index contributed by atoms with van der Waals surface area (Å²) in [5.41, 5.74) is 1.49. The standard InChI is InChI=1S/C14H20O/c1-10(2)8-12-9-14(12)11-4-6-13(15-3)7-5-11/h4-7,10,12,14H,8-9H2,1-3H3. The molecule has 2 unspecified atom stereocenters. The second-order valence-corrected chi connectivity index (χ2v) is 5.00. The van der Waals surface area contributed by atoms with Gasteiger partial charge in [-0.05, 0) is 48.3 Å². The molecule has 0 radical (unpaired) electrons. The molecule has 2 rings (SSSR count). The molecule has 1 aliphatic rings. The van der Waals surface area contributed by atoms with Crippen LogP contribution in [0, 0.1) is 11.8 Å². The van der Waals surface area contributed by atoms with E-state index in [1.54, 1.807) is 7.11 Å². The second kappa shape index (κ2) is 4.26. The van der Waals surface area contributed by atoms with Crippen molar-refractivity contribution in [3.05, 3.63) is 29.8 Å². The van der Waals surface area contributed by atoms with E-state index in [0.717, 1.165) is 23.5 Å². The van der Waals surface area contributed by atoms with Gasteiger partial charge in [-0.2, -0.15) is 0 Å². The molecule has 0 aliphatic heterocycles. The minimum atomic E-state index is 0.818. The highest BCUT2D eigenvalue weighted by Gasteiger charge is 2.37. The lowest BCUT2D eigenvalue weighted by atomic mass is 10.0. The summed E-state index contributed by atoms with van der Waals surface area (Å²) in [4.78, 5) is 0. The number of hydrogen-bond acceptors (Lipinski definition) is 1. The third-order valence-corrected chi connectivity index (χ3v) is 3.24. The van der Waals surface area contributed by atoms with E-state index in [1.165, 1.54) is 18.4 Å². The van der Waals surface area contributed by atoms with Crippen molar-refractivity contribution in [2.75, 3.05) is 7.11 Å². The lowest BCUT2D eigenvalue weighted by molar-refractivity contribution is 0.414. The van der Waals surface area contributed by atoms with E-state index in [4.69, 9.17) is 4.74 Å². The predicted octanol–water partition coefficient (Wildman–Crippen LogP) is 3.84. The van der Waals surface area contributed by atoms with Gasteiger partial charge in [-0.25, -0.2) is 0 Å². The van der Waals surface area contributed by atoms with Crippen LogP contribution < -0.4 is 4.74 Å². The maximum absolute atomic E-state index is 5.16. The van der Waals surface area contributed by atoms with Crippen molar-refractivity contribution in [2.45, 2.75) is 32.6 Å². The van der Waals surface area contributed by atoms with Gasteiger partial charge in [0.25, 0.3) is 0 Å². The lowest BCUT2D eigenvalue weighted by Gasteiger charge is -2.04. The molecule has 1 aliphatic carbocycles. The highest BCUT2D eigenvalue weighted by molar-refractivity contribution is 5.32. The van der Waals surface area contributed by atoms with Gasteiger partial charge in [0, 0.05) is 0 Å².